The number of fused-ring (bicyclic) bond motifs is 2. The number of anilines is 1. The molecule has 2 fully saturated rings. The van der Waals surface area contributed by atoms with Gasteiger partial charge in [0.25, 0.3) is 0 Å². The van der Waals surface area contributed by atoms with E-state index in [9.17, 15) is 18.0 Å². The van der Waals surface area contributed by atoms with Crippen molar-refractivity contribution in [1.29, 1.82) is 0 Å². The van der Waals surface area contributed by atoms with Gasteiger partial charge in [0.05, 0.1) is 17.3 Å². The van der Waals surface area contributed by atoms with Gasteiger partial charge in [-0.3, -0.25) is 9.88 Å². The van der Waals surface area contributed by atoms with Crippen LogP contribution in [0.2, 0.25) is 0 Å². The lowest BCUT2D eigenvalue weighted by Gasteiger charge is -2.25. The monoisotopic (exact) mass is 489 g/mol. The molecule has 1 unspecified atom stereocenters. The fraction of sp³-hybridized carbons (Fsp3) is 0.435. The molecular weight excluding hydrogens is 467 g/mol. The van der Waals surface area contributed by atoms with E-state index in [1.54, 1.807) is 6.07 Å². The molecule has 1 N–H and O–H groups in total. The molecular formula is C23H22F3N5O2S. The number of nitrogens with one attached hydrogen (secondary N) is 1. The minimum absolute atomic E-state index is 0.132. The number of nitrogens with zero attached hydrogens (tertiary/aromatic N) is 4. The van der Waals surface area contributed by atoms with E-state index in [1.807, 2.05) is 18.2 Å². The number of H-pyrrole nitrogens is 1. The third-order valence-electron chi connectivity index (χ3n) is 6.88. The molecule has 0 amide bonds. The maximum Gasteiger partial charge on any atom is 0.417 e. The Morgan fingerprint density at radius 3 is 2.85 bits per heavy atom. The number of halogens is 3. The van der Waals surface area contributed by atoms with Crippen molar-refractivity contribution >= 4 is 38.5 Å². The summed E-state index contributed by atoms with van der Waals surface area (Å²) in [6.45, 7) is 4.33. The van der Waals surface area contributed by atoms with E-state index < -0.39 is 18.4 Å². The molecule has 3 aromatic heterocycles. The summed E-state index contributed by atoms with van der Waals surface area (Å²) in [7, 11) is 0. The fourth-order valence-corrected chi connectivity index (χ4v) is 6.41. The van der Waals surface area contributed by atoms with Crippen molar-refractivity contribution < 1.29 is 17.6 Å². The second-order valence-electron chi connectivity index (χ2n) is 9.40. The highest BCUT2D eigenvalue weighted by Crippen LogP contribution is 2.43. The Balaban J connectivity index is 1.17. The van der Waals surface area contributed by atoms with E-state index in [2.05, 4.69) is 24.8 Å². The van der Waals surface area contributed by atoms with Gasteiger partial charge < -0.3 is 9.32 Å². The number of likely N-dealkylation sites (tertiary alicyclic amines) is 1. The lowest BCUT2D eigenvalue weighted by atomic mass is 9.86. The third kappa shape index (κ3) is 4.07. The van der Waals surface area contributed by atoms with Crippen LogP contribution in [0.3, 0.4) is 0 Å². The summed E-state index contributed by atoms with van der Waals surface area (Å²) in [5, 5.41) is 0.708. The van der Waals surface area contributed by atoms with Gasteiger partial charge in [0, 0.05) is 36.5 Å². The van der Waals surface area contributed by atoms with Crippen molar-refractivity contribution in [1.82, 2.24) is 19.9 Å². The Morgan fingerprint density at radius 1 is 1.15 bits per heavy atom. The lowest BCUT2D eigenvalue weighted by molar-refractivity contribution is -0.126. The summed E-state index contributed by atoms with van der Waals surface area (Å²) in [4.78, 5) is 28.2. The second kappa shape index (κ2) is 7.81. The van der Waals surface area contributed by atoms with Gasteiger partial charge >= 0.3 is 11.9 Å². The number of thiophene rings is 1. The molecule has 4 aromatic rings. The van der Waals surface area contributed by atoms with Crippen LogP contribution in [0.1, 0.15) is 23.3 Å². The van der Waals surface area contributed by atoms with Crippen molar-refractivity contribution in [3.63, 3.8) is 0 Å². The lowest BCUT2D eigenvalue weighted by Crippen LogP contribution is -2.31. The van der Waals surface area contributed by atoms with Crippen LogP contribution in [0.5, 0.6) is 0 Å². The topological polar surface area (TPSA) is 78.3 Å². The summed E-state index contributed by atoms with van der Waals surface area (Å²) >= 11 is 1.09. The molecule has 1 aromatic carbocycles. The summed E-state index contributed by atoms with van der Waals surface area (Å²) in [6.07, 6.45) is -1.66. The molecule has 178 valence electrons. The molecule has 2 aliphatic heterocycles. The normalized spacial score (nSPS) is 21.6. The smallest absolute Gasteiger partial charge is 0.408 e. The Hall–Kier alpha value is -2.92. The molecule has 1 spiro atoms. The Kier molecular flexibility index (Phi) is 4.96. The summed E-state index contributed by atoms with van der Waals surface area (Å²) in [5.41, 5.74) is 2.49. The molecule has 2 saturated heterocycles. The number of hydrogen-bond acceptors (Lipinski definition) is 7. The average molecular weight is 490 g/mol. The number of rotatable bonds is 4. The van der Waals surface area contributed by atoms with E-state index in [0.29, 0.717) is 21.3 Å². The van der Waals surface area contributed by atoms with Gasteiger partial charge in [0.1, 0.15) is 17.0 Å². The zero-order valence-electron chi connectivity index (χ0n) is 18.2. The highest BCUT2D eigenvalue weighted by molar-refractivity contribution is 7.18. The maximum absolute atomic E-state index is 12.9. The fourth-order valence-electron chi connectivity index (χ4n) is 5.39. The van der Waals surface area contributed by atoms with E-state index in [-0.39, 0.29) is 10.3 Å². The van der Waals surface area contributed by atoms with Gasteiger partial charge in [-0.15, -0.1) is 11.3 Å². The summed E-state index contributed by atoms with van der Waals surface area (Å²) in [6, 6.07) is 7.38. The van der Waals surface area contributed by atoms with Crippen molar-refractivity contribution in [3.8, 4) is 0 Å². The standard InChI is InChI=1S/C23H22F3N5O2S/c24-23(25,26)9-15-8-16-19(27-13-28-20(16)34-15)31-6-4-22(12-31)3-5-30(11-22)10-14-1-2-17-18(7-14)33-21(32)29-17/h1-2,7-8,13H,3-6,9-12H2,(H,29,32). The van der Waals surface area contributed by atoms with Crippen LogP contribution >= 0.6 is 11.3 Å². The van der Waals surface area contributed by atoms with E-state index in [4.69, 9.17) is 4.42 Å². The Morgan fingerprint density at radius 2 is 2.00 bits per heavy atom. The highest BCUT2D eigenvalue weighted by atomic mass is 32.1. The van der Waals surface area contributed by atoms with Gasteiger partial charge in [-0.05, 0) is 43.1 Å². The first kappa shape index (κ1) is 21.6. The molecule has 11 heteroatoms. The first-order chi connectivity index (χ1) is 16.3. The molecule has 0 aliphatic carbocycles. The number of oxazole rings is 1. The van der Waals surface area contributed by atoms with Crippen LogP contribution in [-0.4, -0.2) is 52.2 Å². The maximum atomic E-state index is 12.9. The second-order valence-corrected chi connectivity index (χ2v) is 10.5. The molecule has 2 aliphatic rings. The number of alkyl halides is 3. The van der Waals surface area contributed by atoms with Crippen LogP contribution in [-0.2, 0) is 13.0 Å². The van der Waals surface area contributed by atoms with Crippen LogP contribution in [0.25, 0.3) is 21.3 Å². The largest absolute Gasteiger partial charge is 0.417 e. The van der Waals surface area contributed by atoms with Crippen LogP contribution in [0.15, 0.2) is 39.8 Å². The predicted molar refractivity (Wildman–Crippen MR) is 123 cm³/mol. The number of aromatic amines is 1. The minimum Gasteiger partial charge on any atom is -0.408 e. The van der Waals surface area contributed by atoms with Crippen molar-refractivity contribution in [2.75, 3.05) is 31.1 Å². The Labute approximate surface area is 196 Å². The van der Waals surface area contributed by atoms with E-state index >= 15 is 0 Å². The molecule has 34 heavy (non-hydrogen) atoms. The van der Waals surface area contributed by atoms with E-state index in [1.165, 1.54) is 6.33 Å². The van der Waals surface area contributed by atoms with Crippen LogP contribution in [0, 0.1) is 5.41 Å². The molecule has 1 atom stereocenters. The van der Waals surface area contributed by atoms with Gasteiger partial charge in [-0.25, -0.2) is 14.8 Å². The molecule has 0 bridgehead atoms. The number of hydrogen-bond donors (Lipinski definition) is 1. The highest BCUT2D eigenvalue weighted by Gasteiger charge is 2.44. The van der Waals surface area contributed by atoms with E-state index in [0.717, 1.165) is 68.3 Å². The van der Waals surface area contributed by atoms with Gasteiger partial charge in [-0.1, -0.05) is 6.07 Å². The van der Waals surface area contributed by atoms with Crippen molar-refractivity contribution in [3.05, 3.63) is 51.6 Å². The zero-order chi connectivity index (χ0) is 23.5. The van der Waals surface area contributed by atoms with Crippen molar-refractivity contribution in [2.24, 2.45) is 5.41 Å². The van der Waals surface area contributed by atoms with Gasteiger partial charge in [-0.2, -0.15) is 13.2 Å². The third-order valence-corrected chi connectivity index (χ3v) is 7.92. The van der Waals surface area contributed by atoms with Crippen LogP contribution in [0.4, 0.5) is 19.0 Å². The summed E-state index contributed by atoms with van der Waals surface area (Å²) < 4.78 is 43.8. The van der Waals surface area contributed by atoms with Gasteiger partial charge in [0.2, 0.25) is 0 Å². The summed E-state index contributed by atoms with van der Waals surface area (Å²) in [5.74, 6) is 0.284. The number of aromatic nitrogens is 3. The number of benzene rings is 1. The van der Waals surface area contributed by atoms with Crippen LogP contribution < -0.4 is 10.7 Å². The first-order valence-corrected chi connectivity index (χ1v) is 12.0. The average Bonchev–Trinajstić information content (AvgIpc) is 3.52. The Bertz CT molecular complexity index is 1430. The molecule has 0 radical (unpaired) electrons. The molecule has 0 saturated carbocycles. The molecule has 5 heterocycles. The minimum atomic E-state index is -4.24. The zero-order valence-corrected chi connectivity index (χ0v) is 19.0. The quantitative estimate of drug-likeness (QED) is 0.460. The molecule has 7 nitrogen and oxygen atoms in total. The first-order valence-electron chi connectivity index (χ1n) is 11.1. The van der Waals surface area contributed by atoms with Gasteiger partial charge in [0.15, 0.2) is 5.58 Å². The van der Waals surface area contributed by atoms with Crippen molar-refractivity contribution in [2.45, 2.75) is 32.0 Å². The predicted octanol–water partition coefficient (Wildman–Crippen LogP) is 4.33. The SMILES string of the molecule is O=c1[nH]c2ccc(CN3CCC4(CCN(c5ncnc6sc(CC(F)(F)F)cc56)C4)C3)cc2o1. The molecule has 6 rings (SSSR count).